The number of carbonyl (C=O) groups excluding carboxylic acids is 1. The van der Waals surface area contributed by atoms with E-state index in [0.29, 0.717) is 10.9 Å². The van der Waals surface area contributed by atoms with Gasteiger partial charge in [-0.1, -0.05) is 12.1 Å². The molecule has 0 fully saturated rings. The Labute approximate surface area is 136 Å². The molecule has 4 N–H and O–H groups in total. The predicted molar refractivity (Wildman–Crippen MR) is 92.9 cm³/mol. The van der Waals surface area contributed by atoms with Crippen molar-refractivity contribution in [3.63, 3.8) is 0 Å². The van der Waals surface area contributed by atoms with Crippen LogP contribution in [0.4, 0.5) is 0 Å². The highest BCUT2D eigenvalue weighted by Gasteiger charge is 2.14. The number of nitrogens with one attached hydrogen (secondary N) is 2. The molecule has 24 heavy (non-hydrogen) atoms. The lowest BCUT2D eigenvalue weighted by molar-refractivity contribution is 0.0999. The van der Waals surface area contributed by atoms with Gasteiger partial charge in [-0.15, -0.1) is 0 Å². The zero-order valence-electron chi connectivity index (χ0n) is 12.9. The second-order valence-electron chi connectivity index (χ2n) is 5.75. The Kier molecular flexibility index (Phi) is 2.99. The van der Waals surface area contributed by atoms with Gasteiger partial charge in [0.1, 0.15) is 5.56 Å². The number of hydrogen-bond donors (Lipinski definition) is 3. The van der Waals surface area contributed by atoms with Crippen molar-refractivity contribution in [3.8, 4) is 11.1 Å². The lowest BCUT2D eigenvalue weighted by Crippen LogP contribution is -2.22. The topological polar surface area (TPSA) is 105 Å². The van der Waals surface area contributed by atoms with E-state index in [1.807, 2.05) is 25.1 Å². The molecule has 2 aromatic carbocycles. The maximum atomic E-state index is 12.5. The minimum absolute atomic E-state index is 0.0413. The molecule has 0 bridgehead atoms. The molecule has 118 valence electrons. The molecule has 6 nitrogen and oxygen atoms in total. The van der Waals surface area contributed by atoms with Crippen molar-refractivity contribution in [2.45, 2.75) is 6.92 Å². The van der Waals surface area contributed by atoms with Crippen LogP contribution in [0.15, 0.2) is 47.5 Å². The summed E-state index contributed by atoms with van der Waals surface area (Å²) < 4.78 is 0. The van der Waals surface area contributed by atoms with Gasteiger partial charge < -0.3 is 10.7 Å². The van der Waals surface area contributed by atoms with Crippen LogP contribution in [0.1, 0.15) is 15.9 Å². The molecule has 2 aromatic heterocycles. The minimum Gasteiger partial charge on any atom is -0.365 e. The second kappa shape index (κ2) is 5.06. The van der Waals surface area contributed by atoms with Crippen molar-refractivity contribution < 1.29 is 4.79 Å². The number of para-hydroxylation sites is 1. The highest BCUT2D eigenvalue weighted by Crippen LogP contribution is 2.31. The van der Waals surface area contributed by atoms with Gasteiger partial charge >= 0.3 is 0 Å². The number of pyridine rings is 1. The second-order valence-corrected chi connectivity index (χ2v) is 5.75. The molecule has 0 atom stereocenters. The van der Waals surface area contributed by atoms with Crippen LogP contribution in [-0.2, 0) is 0 Å². The van der Waals surface area contributed by atoms with Crippen molar-refractivity contribution in [3.05, 3.63) is 64.1 Å². The summed E-state index contributed by atoms with van der Waals surface area (Å²) >= 11 is 0. The van der Waals surface area contributed by atoms with Crippen LogP contribution in [0.25, 0.3) is 32.9 Å². The Morgan fingerprint density at radius 1 is 1.21 bits per heavy atom. The molecule has 0 radical (unpaired) electrons. The fourth-order valence-electron chi connectivity index (χ4n) is 3.05. The maximum Gasteiger partial charge on any atom is 0.254 e. The van der Waals surface area contributed by atoms with Crippen LogP contribution in [0, 0.1) is 6.92 Å². The van der Waals surface area contributed by atoms with Crippen LogP contribution in [-0.4, -0.2) is 21.1 Å². The van der Waals surface area contributed by atoms with E-state index in [2.05, 4.69) is 15.2 Å². The number of carbonyl (C=O) groups is 1. The van der Waals surface area contributed by atoms with Crippen molar-refractivity contribution in [2.24, 2.45) is 5.73 Å². The Morgan fingerprint density at radius 2 is 2.04 bits per heavy atom. The molecule has 2 heterocycles. The summed E-state index contributed by atoms with van der Waals surface area (Å²) in [6.07, 6.45) is 3.15. The van der Waals surface area contributed by atoms with Crippen molar-refractivity contribution in [1.29, 1.82) is 0 Å². The van der Waals surface area contributed by atoms with E-state index >= 15 is 0 Å². The van der Waals surface area contributed by atoms with Crippen molar-refractivity contribution >= 4 is 27.7 Å². The Hall–Kier alpha value is -3.41. The van der Waals surface area contributed by atoms with Crippen LogP contribution in [0.2, 0.25) is 0 Å². The fourth-order valence-corrected chi connectivity index (χ4v) is 3.05. The number of primary amides is 1. The predicted octanol–water partition coefficient (Wildman–Crippen LogP) is 2.48. The van der Waals surface area contributed by atoms with Gasteiger partial charge in [0.25, 0.3) is 5.91 Å². The summed E-state index contributed by atoms with van der Waals surface area (Å²) in [7, 11) is 0. The van der Waals surface area contributed by atoms with Gasteiger partial charge in [-0.25, -0.2) is 0 Å². The smallest absolute Gasteiger partial charge is 0.254 e. The highest BCUT2D eigenvalue weighted by atomic mass is 16.2. The third-order valence-corrected chi connectivity index (χ3v) is 4.26. The molecule has 6 heteroatoms. The number of aryl methyl sites for hydroxylation is 1. The molecule has 0 unspecified atom stereocenters. The summed E-state index contributed by atoms with van der Waals surface area (Å²) in [6.45, 7) is 2.01. The fraction of sp³-hybridized carbons (Fsp3) is 0.0556. The minimum atomic E-state index is -0.737. The average Bonchev–Trinajstić information content (AvgIpc) is 3.01. The number of hydrogen-bond acceptors (Lipinski definition) is 3. The Morgan fingerprint density at radius 3 is 2.83 bits per heavy atom. The largest absolute Gasteiger partial charge is 0.365 e. The number of benzene rings is 2. The van der Waals surface area contributed by atoms with Crippen molar-refractivity contribution in [1.82, 2.24) is 15.2 Å². The number of rotatable bonds is 2. The summed E-state index contributed by atoms with van der Waals surface area (Å²) in [4.78, 5) is 26.9. The quantitative estimate of drug-likeness (QED) is 0.529. The van der Waals surface area contributed by atoms with E-state index in [4.69, 9.17) is 5.73 Å². The first-order valence-corrected chi connectivity index (χ1v) is 7.44. The number of nitrogens with zero attached hydrogens (tertiary/aromatic N) is 1. The molecule has 0 aliphatic carbocycles. The van der Waals surface area contributed by atoms with E-state index < -0.39 is 5.91 Å². The summed E-state index contributed by atoms with van der Waals surface area (Å²) in [5, 5.41) is 8.47. The number of H-pyrrole nitrogens is 2. The molecule has 4 rings (SSSR count). The maximum absolute atomic E-state index is 12.5. The summed E-state index contributed by atoms with van der Waals surface area (Å²) in [5.41, 5.74) is 9.39. The number of nitrogens with two attached hydrogens (primary N) is 1. The van der Waals surface area contributed by atoms with Crippen LogP contribution in [0.5, 0.6) is 0 Å². The summed E-state index contributed by atoms with van der Waals surface area (Å²) in [6, 6.07) is 9.48. The van der Waals surface area contributed by atoms with Gasteiger partial charge in [0.15, 0.2) is 0 Å². The van der Waals surface area contributed by atoms with Gasteiger partial charge in [0.05, 0.1) is 17.2 Å². The molecular formula is C18H14N4O2. The number of amides is 1. The standard InChI is InChI=1S/C18H14N4O2/c1-9-5-10-7-21-22-15(10)6-13(9)11-3-2-4-12-16(11)20-8-14(17(12)23)18(19)24/h2-8H,1H3,(H2,19,24)(H,20,23)(H,21,22). The van der Waals surface area contributed by atoms with E-state index in [-0.39, 0.29) is 11.0 Å². The van der Waals surface area contributed by atoms with Gasteiger partial charge in [0.2, 0.25) is 5.43 Å². The SMILES string of the molecule is Cc1cc2cn[nH]c2cc1-c1cccc2c(=O)c(C(N)=O)c[nH]c12. The lowest BCUT2D eigenvalue weighted by atomic mass is 9.96. The third-order valence-electron chi connectivity index (χ3n) is 4.26. The number of aromatic amines is 2. The summed E-state index contributed by atoms with van der Waals surface area (Å²) in [5.74, 6) is -0.737. The van der Waals surface area contributed by atoms with E-state index in [0.717, 1.165) is 27.6 Å². The highest BCUT2D eigenvalue weighted by molar-refractivity contribution is 6.01. The first kappa shape index (κ1) is 14.2. The Balaban J connectivity index is 2.06. The number of aromatic nitrogens is 3. The van der Waals surface area contributed by atoms with Crippen molar-refractivity contribution in [2.75, 3.05) is 0 Å². The Bertz CT molecular complexity index is 1170. The molecule has 4 aromatic rings. The first-order valence-electron chi connectivity index (χ1n) is 7.44. The molecule has 0 aliphatic heterocycles. The zero-order valence-corrected chi connectivity index (χ0v) is 12.9. The zero-order chi connectivity index (χ0) is 16.8. The van der Waals surface area contributed by atoms with Crippen LogP contribution < -0.4 is 11.2 Å². The van der Waals surface area contributed by atoms with Gasteiger partial charge in [-0.3, -0.25) is 14.7 Å². The third kappa shape index (κ3) is 2.00. The molecule has 0 saturated carbocycles. The van der Waals surface area contributed by atoms with Crippen LogP contribution in [0.3, 0.4) is 0 Å². The van der Waals surface area contributed by atoms with Crippen LogP contribution >= 0.6 is 0 Å². The van der Waals surface area contributed by atoms with Gasteiger partial charge in [-0.05, 0) is 36.2 Å². The molecule has 0 spiro atoms. The first-order chi connectivity index (χ1) is 11.6. The van der Waals surface area contributed by atoms with Gasteiger partial charge in [-0.2, -0.15) is 5.10 Å². The van der Waals surface area contributed by atoms with Gasteiger partial charge in [0, 0.05) is 22.5 Å². The monoisotopic (exact) mass is 318 g/mol. The van der Waals surface area contributed by atoms with E-state index in [9.17, 15) is 9.59 Å². The molecular weight excluding hydrogens is 304 g/mol. The number of fused-ring (bicyclic) bond motifs is 2. The van der Waals surface area contributed by atoms with E-state index in [1.54, 1.807) is 18.3 Å². The van der Waals surface area contributed by atoms with E-state index in [1.165, 1.54) is 6.20 Å². The lowest BCUT2D eigenvalue weighted by Gasteiger charge is -2.10. The molecule has 1 amide bonds. The normalized spacial score (nSPS) is 11.2. The molecule has 0 saturated heterocycles. The molecule has 0 aliphatic rings. The average molecular weight is 318 g/mol.